The summed E-state index contributed by atoms with van der Waals surface area (Å²) in [4.78, 5) is 26.6. The second kappa shape index (κ2) is 8.18. The number of imide groups is 1. The van der Waals surface area contributed by atoms with Gasteiger partial charge in [-0.1, -0.05) is 13.8 Å². The largest absolute Gasteiger partial charge is 0.395 e. The van der Waals surface area contributed by atoms with E-state index in [-0.39, 0.29) is 30.7 Å². The Balaban J connectivity index is 2.64. The van der Waals surface area contributed by atoms with Crippen LogP contribution in [0.25, 0.3) is 0 Å². The van der Waals surface area contributed by atoms with Crippen molar-refractivity contribution >= 4 is 17.5 Å². The Morgan fingerprint density at radius 2 is 1.79 bits per heavy atom. The van der Waals surface area contributed by atoms with Gasteiger partial charge in [-0.05, 0) is 33.7 Å². The van der Waals surface area contributed by atoms with Crippen molar-refractivity contribution < 1.29 is 19.4 Å². The first-order valence-corrected chi connectivity index (χ1v) is 8.36. The number of ether oxygens (including phenoxy) is 1. The lowest BCUT2D eigenvalue weighted by molar-refractivity contribution is -0.138. The quantitative estimate of drug-likeness (QED) is 0.598. The monoisotopic (exact) mass is 341 g/mol. The second-order valence-electron chi connectivity index (χ2n) is 7.59. The number of aliphatic hydroxyl groups is 1. The number of carbonyl (C=O) groups excluding carboxylic acids is 2. The van der Waals surface area contributed by atoms with E-state index in [2.05, 4.69) is 5.32 Å². The maximum absolute atomic E-state index is 12.5. The highest BCUT2D eigenvalue weighted by atomic mass is 16.5. The maximum Gasteiger partial charge on any atom is 0.246 e. The first kappa shape index (κ1) is 20.7. The summed E-state index contributed by atoms with van der Waals surface area (Å²) in [5.41, 5.74) is -1.51. The molecule has 0 aliphatic carbocycles. The molecule has 138 valence electrons. The minimum atomic E-state index is -0.841. The molecule has 0 spiro atoms. The number of likely N-dealkylation sites (N-methyl/N-ethyl adjacent to an activating group) is 1. The van der Waals surface area contributed by atoms with E-state index in [1.54, 1.807) is 27.7 Å². The zero-order valence-electron chi connectivity index (χ0n) is 15.4. The van der Waals surface area contributed by atoms with Gasteiger partial charge < -0.3 is 15.3 Å². The molecule has 0 aromatic heterocycles. The molecule has 0 saturated carbocycles. The Morgan fingerprint density at radius 1 is 1.25 bits per heavy atom. The molecular formula is C17H31N3O4. The molecule has 7 nitrogen and oxygen atoms in total. The van der Waals surface area contributed by atoms with Gasteiger partial charge in [-0.25, -0.2) is 0 Å². The molecule has 0 aromatic carbocycles. The topological polar surface area (TPSA) is 103 Å². The molecule has 1 aliphatic heterocycles. The van der Waals surface area contributed by atoms with Crippen LogP contribution >= 0.6 is 0 Å². The Morgan fingerprint density at radius 3 is 2.29 bits per heavy atom. The molecule has 0 radical (unpaired) electrons. The van der Waals surface area contributed by atoms with Crippen LogP contribution in [0.1, 0.15) is 47.0 Å². The summed E-state index contributed by atoms with van der Waals surface area (Å²) in [5, 5.41) is 19.6. The summed E-state index contributed by atoms with van der Waals surface area (Å²) >= 11 is 0. The van der Waals surface area contributed by atoms with Crippen LogP contribution in [-0.4, -0.2) is 66.0 Å². The summed E-state index contributed by atoms with van der Waals surface area (Å²) in [6.45, 7) is 8.09. The highest BCUT2D eigenvalue weighted by Gasteiger charge is 2.38. The average molecular weight is 341 g/mol. The number of amides is 2. The predicted octanol–water partition coefficient (Wildman–Crippen LogP) is 0.947. The number of aliphatic hydroxyl groups excluding tert-OH is 1. The minimum Gasteiger partial charge on any atom is -0.395 e. The Bertz CT molecular complexity index is 482. The number of hydrogen-bond acceptors (Lipinski definition) is 6. The molecule has 0 bridgehead atoms. The molecule has 1 fully saturated rings. The predicted molar refractivity (Wildman–Crippen MR) is 92.0 cm³/mol. The zero-order chi connectivity index (χ0) is 18.5. The average Bonchev–Trinajstić information content (AvgIpc) is 2.54. The van der Waals surface area contributed by atoms with E-state index in [1.807, 2.05) is 11.9 Å². The molecule has 0 atom stereocenters. The molecule has 1 heterocycles. The molecule has 0 unspecified atom stereocenters. The van der Waals surface area contributed by atoms with Gasteiger partial charge in [0.05, 0.1) is 18.6 Å². The van der Waals surface area contributed by atoms with Crippen molar-refractivity contribution in [1.29, 1.82) is 5.41 Å². The van der Waals surface area contributed by atoms with E-state index in [0.29, 0.717) is 13.2 Å². The Labute approximate surface area is 144 Å². The molecule has 2 amide bonds. The summed E-state index contributed by atoms with van der Waals surface area (Å²) in [7, 11) is 1.89. The highest BCUT2D eigenvalue weighted by molar-refractivity contribution is 6.08. The van der Waals surface area contributed by atoms with Crippen LogP contribution in [0.5, 0.6) is 0 Å². The van der Waals surface area contributed by atoms with Crippen molar-refractivity contribution in [3.05, 3.63) is 0 Å². The lowest BCUT2D eigenvalue weighted by atomic mass is 9.86. The summed E-state index contributed by atoms with van der Waals surface area (Å²) in [6.07, 6.45) is 1.52. The zero-order valence-corrected chi connectivity index (χ0v) is 15.4. The van der Waals surface area contributed by atoms with Crippen LogP contribution in [0, 0.1) is 10.8 Å². The molecule has 0 aromatic rings. The number of rotatable bonds is 7. The van der Waals surface area contributed by atoms with Gasteiger partial charge >= 0.3 is 0 Å². The molecule has 1 aliphatic rings. The van der Waals surface area contributed by atoms with Gasteiger partial charge in [0.2, 0.25) is 11.8 Å². The minimum absolute atomic E-state index is 0.103. The van der Waals surface area contributed by atoms with Gasteiger partial charge in [0.25, 0.3) is 0 Å². The Kier molecular flexibility index (Phi) is 7.07. The lowest BCUT2D eigenvalue weighted by Gasteiger charge is -2.41. The van der Waals surface area contributed by atoms with Crippen LogP contribution < -0.4 is 5.32 Å². The standard InChI is InChI=1S/C17H31N3O4/c1-16(2,11-21)13(18)10-14(22)19-15(23)17(3,4)20(5)12-6-8-24-9-7-12/h12,18,21H,6-11H2,1-5H3,(H,19,22,23). The number of carbonyl (C=O) groups is 2. The van der Waals surface area contributed by atoms with E-state index in [0.717, 1.165) is 12.8 Å². The Hall–Kier alpha value is -1.31. The van der Waals surface area contributed by atoms with Crippen LogP contribution in [0.4, 0.5) is 0 Å². The SMILES string of the molecule is CN(C1CCOCC1)C(C)(C)C(=O)NC(=O)CC(=N)C(C)(C)CO. The van der Waals surface area contributed by atoms with E-state index >= 15 is 0 Å². The molecule has 3 N–H and O–H groups in total. The van der Waals surface area contributed by atoms with Crippen LogP contribution in [0.15, 0.2) is 0 Å². The molecular weight excluding hydrogens is 310 g/mol. The smallest absolute Gasteiger partial charge is 0.246 e. The van der Waals surface area contributed by atoms with Crippen molar-refractivity contribution in [1.82, 2.24) is 10.2 Å². The fourth-order valence-electron chi connectivity index (χ4n) is 2.51. The number of nitrogens with zero attached hydrogens (tertiary/aromatic N) is 1. The van der Waals surface area contributed by atoms with Crippen LogP contribution in [0.2, 0.25) is 0 Å². The van der Waals surface area contributed by atoms with E-state index in [9.17, 15) is 14.7 Å². The van der Waals surface area contributed by atoms with Crippen molar-refractivity contribution in [2.45, 2.75) is 58.5 Å². The van der Waals surface area contributed by atoms with E-state index in [4.69, 9.17) is 10.1 Å². The fraction of sp³-hybridized carbons (Fsp3) is 0.824. The van der Waals surface area contributed by atoms with E-state index in [1.165, 1.54) is 0 Å². The summed E-state index contributed by atoms with van der Waals surface area (Å²) in [5.74, 6) is -0.893. The first-order valence-electron chi connectivity index (χ1n) is 8.36. The summed E-state index contributed by atoms with van der Waals surface area (Å²) < 4.78 is 5.35. The third-order valence-electron chi connectivity index (χ3n) is 4.98. The van der Waals surface area contributed by atoms with Crippen molar-refractivity contribution in [2.24, 2.45) is 5.41 Å². The number of hydrogen-bond donors (Lipinski definition) is 3. The van der Waals surface area contributed by atoms with Crippen molar-refractivity contribution in [3.8, 4) is 0 Å². The maximum atomic E-state index is 12.5. The van der Waals surface area contributed by atoms with Gasteiger partial charge in [-0.15, -0.1) is 0 Å². The van der Waals surface area contributed by atoms with Gasteiger partial charge in [0.1, 0.15) is 0 Å². The third kappa shape index (κ3) is 5.09. The van der Waals surface area contributed by atoms with E-state index < -0.39 is 16.9 Å². The van der Waals surface area contributed by atoms with Crippen LogP contribution in [0.3, 0.4) is 0 Å². The van der Waals surface area contributed by atoms with Crippen LogP contribution in [-0.2, 0) is 14.3 Å². The fourth-order valence-corrected chi connectivity index (χ4v) is 2.51. The van der Waals surface area contributed by atoms with Gasteiger partial charge in [0, 0.05) is 30.4 Å². The normalized spacial score (nSPS) is 17.0. The second-order valence-corrected chi connectivity index (χ2v) is 7.59. The number of nitrogens with one attached hydrogen (secondary N) is 2. The third-order valence-corrected chi connectivity index (χ3v) is 4.98. The molecule has 1 saturated heterocycles. The van der Waals surface area contributed by atoms with Gasteiger partial charge in [-0.2, -0.15) is 0 Å². The van der Waals surface area contributed by atoms with Crippen molar-refractivity contribution in [3.63, 3.8) is 0 Å². The molecule has 1 rings (SSSR count). The molecule has 7 heteroatoms. The highest BCUT2D eigenvalue weighted by Crippen LogP contribution is 2.22. The van der Waals surface area contributed by atoms with Crippen molar-refractivity contribution in [2.75, 3.05) is 26.9 Å². The van der Waals surface area contributed by atoms with Gasteiger partial charge in [0.15, 0.2) is 0 Å². The lowest BCUT2D eigenvalue weighted by Crippen LogP contribution is -2.58. The first-order chi connectivity index (χ1) is 11.0. The molecule has 24 heavy (non-hydrogen) atoms. The van der Waals surface area contributed by atoms with Gasteiger partial charge in [-0.3, -0.25) is 19.8 Å². The summed E-state index contributed by atoms with van der Waals surface area (Å²) in [6, 6.07) is 0.237.